The molecule has 0 heterocycles. The van der Waals surface area contributed by atoms with Crippen molar-refractivity contribution in [2.45, 2.75) is 19.2 Å². The minimum Gasteiger partial charge on any atom is -0.351 e. The second-order valence-corrected chi connectivity index (χ2v) is 6.06. The van der Waals surface area contributed by atoms with Crippen molar-refractivity contribution in [3.05, 3.63) is 70.8 Å². The Hall–Kier alpha value is -2.25. The maximum absolute atomic E-state index is 11.8. The van der Waals surface area contributed by atoms with Crippen LogP contribution in [-0.2, 0) is 17.1 Å². The van der Waals surface area contributed by atoms with Gasteiger partial charge in [0.25, 0.3) is 0 Å². The molecule has 0 atom stereocenters. The van der Waals surface area contributed by atoms with Gasteiger partial charge in [0, 0.05) is 12.3 Å². The summed E-state index contributed by atoms with van der Waals surface area (Å²) in [5.41, 5.74) is 4.02. The molecular formula is C18H18N2OS. The molecule has 0 aromatic heterocycles. The van der Waals surface area contributed by atoms with E-state index in [1.807, 2.05) is 18.2 Å². The van der Waals surface area contributed by atoms with Gasteiger partial charge in [-0.1, -0.05) is 42.0 Å². The van der Waals surface area contributed by atoms with E-state index in [1.165, 1.54) is 11.1 Å². The smallest absolute Gasteiger partial charge is 0.230 e. The zero-order chi connectivity index (χ0) is 15.8. The zero-order valence-corrected chi connectivity index (χ0v) is 13.3. The van der Waals surface area contributed by atoms with Crippen LogP contribution in [0.15, 0.2) is 48.5 Å². The number of aryl methyl sites for hydroxylation is 1. The van der Waals surface area contributed by atoms with Gasteiger partial charge in [-0.15, -0.1) is 11.8 Å². The number of carbonyl (C=O) groups excluding carboxylic acids is 1. The Kier molecular flexibility index (Phi) is 6.05. The van der Waals surface area contributed by atoms with Crippen molar-refractivity contribution in [3.8, 4) is 6.07 Å². The summed E-state index contributed by atoms with van der Waals surface area (Å²) in [7, 11) is 0. The zero-order valence-electron chi connectivity index (χ0n) is 12.5. The molecule has 2 aromatic rings. The average Bonchev–Trinajstić information content (AvgIpc) is 2.53. The van der Waals surface area contributed by atoms with Crippen LogP contribution in [-0.4, -0.2) is 11.7 Å². The largest absolute Gasteiger partial charge is 0.351 e. The lowest BCUT2D eigenvalue weighted by molar-refractivity contribution is -0.118. The van der Waals surface area contributed by atoms with Crippen molar-refractivity contribution in [3.63, 3.8) is 0 Å². The van der Waals surface area contributed by atoms with Crippen molar-refractivity contribution < 1.29 is 4.79 Å². The predicted molar refractivity (Wildman–Crippen MR) is 90.3 cm³/mol. The molecule has 0 aliphatic heterocycles. The number of thioether (sulfide) groups is 1. The van der Waals surface area contributed by atoms with Crippen LogP contribution in [0, 0.1) is 18.3 Å². The topological polar surface area (TPSA) is 52.9 Å². The lowest BCUT2D eigenvalue weighted by Gasteiger charge is -2.06. The third-order valence-electron chi connectivity index (χ3n) is 3.13. The van der Waals surface area contributed by atoms with Gasteiger partial charge in [0.2, 0.25) is 5.91 Å². The van der Waals surface area contributed by atoms with Crippen LogP contribution in [0.25, 0.3) is 0 Å². The Labute approximate surface area is 135 Å². The SMILES string of the molecule is Cc1cccc(CSCC(=O)NCc2cccc(C#N)c2)c1. The normalized spacial score (nSPS) is 10.0. The Balaban J connectivity index is 1.73. The van der Waals surface area contributed by atoms with Crippen LogP contribution in [0.1, 0.15) is 22.3 Å². The van der Waals surface area contributed by atoms with Gasteiger partial charge in [-0.2, -0.15) is 5.26 Å². The summed E-state index contributed by atoms with van der Waals surface area (Å²) >= 11 is 1.60. The van der Waals surface area contributed by atoms with E-state index in [-0.39, 0.29) is 5.91 Å². The monoisotopic (exact) mass is 310 g/mol. The van der Waals surface area contributed by atoms with Gasteiger partial charge < -0.3 is 5.32 Å². The molecule has 0 saturated carbocycles. The van der Waals surface area contributed by atoms with Crippen LogP contribution in [0.4, 0.5) is 0 Å². The van der Waals surface area contributed by atoms with Crippen molar-refractivity contribution >= 4 is 17.7 Å². The number of benzene rings is 2. The first-order chi connectivity index (χ1) is 10.7. The molecule has 2 rings (SSSR count). The standard InChI is InChI=1S/C18H18N2OS/c1-14-4-2-7-17(8-14)12-22-13-18(21)20-11-16-6-3-5-15(9-16)10-19/h2-9H,11-13H2,1H3,(H,20,21). The minimum absolute atomic E-state index is 0.0139. The quantitative estimate of drug-likeness (QED) is 0.889. The van der Waals surface area contributed by atoms with Crippen LogP contribution in [0.3, 0.4) is 0 Å². The van der Waals surface area contributed by atoms with Gasteiger partial charge in [-0.05, 0) is 30.2 Å². The van der Waals surface area contributed by atoms with Gasteiger partial charge in [0.05, 0.1) is 17.4 Å². The summed E-state index contributed by atoms with van der Waals surface area (Å²) in [6, 6.07) is 17.7. The first-order valence-corrected chi connectivity index (χ1v) is 8.22. The van der Waals surface area contributed by atoms with E-state index >= 15 is 0 Å². The number of amides is 1. The van der Waals surface area contributed by atoms with Crippen LogP contribution >= 0.6 is 11.8 Å². The highest BCUT2D eigenvalue weighted by Gasteiger charge is 2.03. The average molecular weight is 310 g/mol. The van der Waals surface area contributed by atoms with Crippen molar-refractivity contribution in [2.75, 3.05) is 5.75 Å². The predicted octanol–water partition coefficient (Wildman–Crippen LogP) is 3.42. The Morgan fingerprint density at radius 2 is 1.95 bits per heavy atom. The van der Waals surface area contributed by atoms with Gasteiger partial charge in [0.15, 0.2) is 0 Å². The lowest BCUT2D eigenvalue weighted by atomic mass is 10.1. The maximum atomic E-state index is 11.8. The third kappa shape index (κ3) is 5.27. The van der Waals surface area contributed by atoms with Crippen molar-refractivity contribution in [1.29, 1.82) is 5.26 Å². The Morgan fingerprint density at radius 3 is 2.73 bits per heavy atom. The van der Waals surface area contributed by atoms with Crippen LogP contribution in [0.2, 0.25) is 0 Å². The molecule has 0 spiro atoms. The highest BCUT2D eigenvalue weighted by atomic mass is 32.2. The molecular weight excluding hydrogens is 292 g/mol. The molecule has 0 aliphatic carbocycles. The van der Waals surface area contributed by atoms with E-state index in [0.717, 1.165) is 11.3 Å². The highest BCUT2D eigenvalue weighted by molar-refractivity contribution is 7.99. The summed E-state index contributed by atoms with van der Waals surface area (Å²) in [5.74, 6) is 1.28. The molecule has 0 fully saturated rings. The third-order valence-corrected chi connectivity index (χ3v) is 4.13. The minimum atomic E-state index is 0.0139. The van der Waals surface area contributed by atoms with Gasteiger partial charge in [-0.25, -0.2) is 0 Å². The summed E-state index contributed by atoms with van der Waals surface area (Å²) in [6.07, 6.45) is 0. The van der Waals surface area contributed by atoms with E-state index in [4.69, 9.17) is 5.26 Å². The van der Waals surface area contributed by atoms with Crippen molar-refractivity contribution in [2.24, 2.45) is 0 Å². The Morgan fingerprint density at radius 1 is 1.18 bits per heavy atom. The number of nitrogens with zero attached hydrogens (tertiary/aromatic N) is 1. The van der Waals surface area contributed by atoms with Gasteiger partial charge in [0.1, 0.15) is 0 Å². The fourth-order valence-corrected chi connectivity index (χ4v) is 2.87. The molecule has 2 aromatic carbocycles. The second-order valence-electron chi connectivity index (χ2n) is 5.07. The van der Waals surface area contributed by atoms with Crippen molar-refractivity contribution in [1.82, 2.24) is 5.32 Å². The molecule has 1 amide bonds. The summed E-state index contributed by atoms with van der Waals surface area (Å²) in [4.78, 5) is 11.8. The number of carbonyl (C=O) groups is 1. The Bertz CT molecular complexity index is 691. The fourth-order valence-electron chi connectivity index (χ4n) is 2.07. The summed E-state index contributed by atoms with van der Waals surface area (Å²) in [5, 5.41) is 11.7. The summed E-state index contributed by atoms with van der Waals surface area (Å²) < 4.78 is 0. The number of nitriles is 1. The molecule has 0 saturated heterocycles. The van der Waals surface area contributed by atoms with E-state index in [9.17, 15) is 4.79 Å². The highest BCUT2D eigenvalue weighted by Crippen LogP contribution is 2.13. The molecule has 22 heavy (non-hydrogen) atoms. The summed E-state index contributed by atoms with van der Waals surface area (Å²) in [6.45, 7) is 2.52. The fraction of sp³-hybridized carbons (Fsp3) is 0.222. The lowest BCUT2D eigenvalue weighted by Crippen LogP contribution is -2.24. The molecule has 3 nitrogen and oxygen atoms in total. The number of hydrogen-bond acceptors (Lipinski definition) is 3. The molecule has 0 aliphatic rings. The van der Waals surface area contributed by atoms with Crippen LogP contribution in [0.5, 0.6) is 0 Å². The molecule has 0 radical (unpaired) electrons. The number of nitrogens with one attached hydrogen (secondary N) is 1. The number of hydrogen-bond donors (Lipinski definition) is 1. The van der Waals surface area contributed by atoms with Gasteiger partial charge >= 0.3 is 0 Å². The molecule has 1 N–H and O–H groups in total. The first-order valence-electron chi connectivity index (χ1n) is 7.06. The first kappa shape index (κ1) is 16.1. The molecule has 0 unspecified atom stereocenters. The van der Waals surface area contributed by atoms with E-state index < -0.39 is 0 Å². The van der Waals surface area contributed by atoms with Crippen LogP contribution < -0.4 is 5.32 Å². The molecule has 0 bridgehead atoms. The van der Waals surface area contributed by atoms with E-state index in [2.05, 4.69) is 36.5 Å². The molecule has 112 valence electrons. The maximum Gasteiger partial charge on any atom is 0.230 e. The van der Waals surface area contributed by atoms with Gasteiger partial charge in [-0.3, -0.25) is 4.79 Å². The second kappa shape index (κ2) is 8.26. The number of rotatable bonds is 6. The molecule has 4 heteroatoms. The van der Waals surface area contributed by atoms with E-state index in [0.29, 0.717) is 17.9 Å². The van der Waals surface area contributed by atoms with E-state index in [1.54, 1.807) is 23.9 Å².